The Morgan fingerprint density at radius 2 is 2.40 bits per heavy atom. The van der Waals surface area contributed by atoms with E-state index in [9.17, 15) is 9.90 Å². The fraction of sp³-hybridized carbons (Fsp3) is 0.200. The Morgan fingerprint density at radius 1 is 1.67 bits per heavy atom. The van der Waals surface area contributed by atoms with Gasteiger partial charge >= 0.3 is 0 Å². The monoisotopic (exact) mass is 268 g/mol. The second-order valence-corrected chi connectivity index (χ2v) is 3.53. The van der Waals surface area contributed by atoms with Gasteiger partial charge in [0.05, 0.1) is 6.54 Å². The molecule has 0 aliphatic carbocycles. The highest BCUT2D eigenvalue weighted by Crippen LogP contribution is 2.16. The highest BCUT2D eigenvalue weighted by Gasteiger charge is 1.98. The maximum atomic E-state index is 10.5. The van der Waals surface area contributed by atoms with E-state index >= 15 is 0 Å². The van der Waals surface area contributed by atoms with Gasteiger partial charge in [-0.2, -0.15) is 0 Å². The highest BCUT2D eigenvalue weighted by atomic mass is 79.9. The third-order valence-electron chi connectivity index (χ3n) is 1.47. The number of nitrogens with one attached hydrogen (secondary N) is 1. The van der Waals surface area contributed by atoms with Crippen LogP contribution in [-0.4, -0.2) is 22.5 Å². The quantitative estimate of drug-likeness (QED) is 0.591. The molecule has 0 spiro atoms. The van der Waals surface area contributed by atoms with Crippen molar-refractivity contribution in [3.05, 3.63) is 22.4 Å². The number of pyridine rings is 1. The third kappa shape index (κ3) is 4.00. The number of rotatable bonds is 1. The molecule has 1 amide bonds. The molecule has 1 heterocycles. The average Bonchev–Trinajstić information content (AvgIpc) is 2.17. The molecule has 0 saturated carbocycles. The molecule has 0 aromatic carbocycles. The van der Waals surface area contributed by atoms with Crippen LogP contribution >= 0.6 is 15.9 Å². The molecule has 78 valence electrons. The summed E-state index contributed by atoms with van der Waals surface area (Å²) < 4.78 is 0.601. The highest BCUT2D eigenvalue weighted by molar-refractivity contribution is 9.10. The fourth-order valence-electron chi connectivity index (χ4n) is 0.817. The van der Waals surface area contributed by atoms with Crippen molar-refractivity contribution in [1.82, 2.24) is 10.3 Å². The topological polar surface area (TPSA) is 62.2 Å². The first kappa shape index (κ1) is 11.5. The van der Waals surface area contributed by atoms with Crippen LogP contribution in [0.15, 0.2) is 16.7 Å². The first-order valence-electron chi connectivity index (χ1n) is 4.18. The van der Waals surface area contributed by atoms with Crippen LogP contribution in [0.2, 0.25) is 0 Å². The van der Waals surface area contributed by atoms with Crippen LogP contribution in [0.25, 0.3) is 0 Å². The molecule has 4 nitrogen and oxygen atoms in total. The van der Waals surface area contributed by atoms with E-state index in [1.807, 2.05) is 0 Å². The summed E-state index contributed by atoms with van der Waals surface area (Å²) in [4.78, 5) is 14.5. The summed E-state index contributed by atoms with van der Waals surface area (Å²) in [6.45, 7) is 1.65. The molecule has 2 N–H and O–H groups in total. The number of aromatic hydroxyl groups is 1. The van der Waals surface area contributed by atoms with Crippen LogP contribution < -0.4 is 5.32 Å². The smallest absolute Gasteiger partial charge is 0.217 e. The van der Waals surface area contributed by atoms with Crippen molar-refractivity contribution in [2.24, 2.45) is 0 Å². The number of amides is 1. The van der Waals surface area contributed by atoms with Crippen LogP contribution in [0, 0.1) is 11.8 Å². The van der Waals surface area contributed by atoms with Crippen molar-refractivity contribution in [2.75, 3.05) is 6.54 Å². The number of nitrogens with zero attached hydrogens (tertiary/aromatic N) is 1. The van der Waals surface area contributed by atoms with Gasteiger partial charge in [-0.25, -0.2) is 4.98 Å². The van der Waals surface area contributed by atoms with E-state index in [-0.39, 0.29) is 23.9 Å². The van der Waals surface area contributed by atoms with Crippen LogP contribution in [0.4, 0.5) is 0 Å². The molecule has 0 aliphatic rings. The molecule has 0 bridgehead atoms. The van der Waals surface area contributed by atoms with Gasteiger partial charge in [-0.1, -0.05) is 5.92 Å². The first-order chi connectivity index (χ1) is 7.09. The molecule has 1 rings (SSSR count). The first-order valence-corrected chi connectivity index (χ1v) is 4.97. The third-order valence-corrected chi connectivity index (χ3v) is 1.91. The minimum Gasteiger partial charge on any atom is -0.505 e. The predicted molar refractivity (Wildman–Crippen MR) is 59.2 cm³/mol. The van der Waals surface area contributed by atoms with Gasteiger partial charge in [-0.15, -0.1) is 0 Å². The Kier molecular flexibility index (Phi) is 4.13. The van der Waals surface area contributed by atoms with E-state index in [0.29, 0.717) is 4.60 Å². The van der Waals surface area contributed by atoms with Gasteiger partial charge in [0.25, 0.3) is 0 Å². The number of aromatic nitrogens is 1. The van der Waals surface area contributed by atoms with Crippen molar-refractivity contribution in [3.8, 4) is 17.6 Å². The van der Waals surface area contributed by atoms with Crippen molar-refractivity contribution in [2.45, 2.75) is 6.92 Å². The maximum absolute atomic E-state index is 10.5. The number of hydrogen-bond acceptors (Lipinski definition) is 3. The second-order valence-electron chi connectivity index (χ2n) is 2.71. The lowest BCUT2D eigenvalue weighted by atomic mass is 10.3. The standard InChI is InChI=1S/C10H9BrN2O2/c1-7(14)12-6-2-3-8-9(15)4-5-10(11)13-8/h4-5,15H,6H2,1H3,(H,12,14). The summed E-state index contributed by atoms with van der Waals surface area (Å²) in [7, 11) is 0. The van der Waals surface area contributed by atoms with Crippen LogP contribution in [0.5, 0.6) is 5.75 Å². The molecule has 0 aliphatic heterocycles. The average molecular weight is 269 g/mol. The molecule has 0 atom stereocenters. The number of hydrogen-bond donors (Lipinski definition) is 2. The second kappa shape index (κ2) is 5.37. The lowest BCUT2D eigenvalue weighted by Gasteiger charge is -1.96. The summed E-state index contributed by atoms with van der Waals surface area (Å²) in [5.74, 6) is 5.21. The van der Waals surface area contributed by atoms with Gasteiger partial charge in [-0.3, -0.25) is 4.79 Å². The maximum Gasteiger partial charge on any atom is 0.217 e. The van der Waals surface area contributed by atoms with Gasteiger partial charge in [0.1, 0.15) is 10.4 Å². The molecule has 15 heavy (non-hydrogen) atoms. The molecule has 0 fully saturated rings. The lowest BCUT2D eigenvalue weighted by molar-refractivity contribution is -0.118. The molecule has 0 radical (unpaired) electrons. The van der Waals surface area contributed by atoms with Crippen LogP contribution in [0.3, 0.4) is 0 Å². The van der Waals surface area contributed by atoms with E-state index in [4.69, 9.17) is 0 Å². The summed E-state index contributed by atoms with van der Waals surface area (Å²) in [6.07, 6.45) is 0. The Bertz CT molecular complexity index is 435. The molecule has 5 heteroatoms. The number of carbonyl (C=O) groups excluding carboxylic acids is 1. The van der Waals surface area contributed by atoms with Gasteiger partial charge in [0, 0.05) is 6.92 Å². The van der Waals surface area contributed by atoms with Crippen molar-refractivity contribution < 1.29 is 9.90 Å². The fourth-order valence-corrected chi connectivity index (χ4v) is 1.13. The summed E-state index contributed by atoms with van der Waals surface area (Å²) in [5, 5.41) is 11.9. The Morgan fingerprint density at radius 3 is 3.07 bits per heavy atom. The zero-order chi connectivity index (χ0) is 11.3. The van der Waals surface area contributed by atoms with E-state index in [1.165, 1.54) is 13.0 Å². The van der Waals surface area contributed by atoms with E-state index in [2.05, 4.69) is 38.1 Å². The summed E-state index contributed by atoms with van der Waals surface area (Å²) in [6, 6.07) is 3.12. The summed E-state index contributed by atoms with van der Waals surface area (Å²) in [5.41, 5.74) is 0.287. The SMILES string of the molecule is CC(=O)NCC#Cc1nc(Br)ccc1O. The van der Waals surface area contributed by atoms with Gasteiger partial charge in [0.15, 0.2) is 5.69 Å². The largest absolute Gasteiger partial charge is 0.505 e. The molecule has 1 aromatic heterocycles. The van der Waals surface area contributed by atoms with E-state index in [1.54, 1.807) is 6.07 Å². The normalized spacial score (nSPS) is 8.93. The van der Waals surface area contributed by atoms with Gasteiger partial charge < -0.3 is 10.4 Å². The van der Waals surface area contributed by atoms with Crippen molar-refractivity contribution in [1.29, 1.82) is 0 Å². The van der Waals surface area contributed by atoms with E-state index < -0.39 is 0 Å². The van der Waals surface area contributed by atoms with Crippen LogP contribution in [0.1, 0.15) is 12.6 Å². The minimum atomic E-state index is -0.143. The molecule has 1 aromatic rings. The number of carbonyl (C=O) groups is 1. The Labute approximate surface area is 95.8 Å². The minimum absolute atomic E-state index is 0.0218. The molecule has 0 unspecified atom stereocenters. The van der Waals surface area contributed by atoms with Crippen molar-refractivity contribution >= 4 is 21.8 Å². The van der Waals surface area contributed by atoms with E-state index in [0.717, 1.165) is 0 Å². The Hall–Kier alpha value is -1.54. The van der Waals surface area contributed by atoms with Crippen molar-refractivity contribution in [3.63, 3.8) is 0 Å². The van der Waals surface area contributed by atoms with Gasteiger partial charge in [0.2, 0.25) is 5.91 Å². The Balaban J connectivity index is 2.71. The predicted octanol–water partition coefficient (Wildman–Crippen LogP) is 1.04. The molecular formula is C10H9BrN2O2. The number of halogens is 1. The van der Waals surface area contributed by atoms with Crippen LogP contribution in [-0.2, 0) is 4.79 Å². The zero-order valence-corrected chi connectivity index (χ0v) is 9.63. The molecule has 0 saturated heterocycles. The summed E-state index contributed by atoms with van der Waals surface area (Å²) >= 11 is 3.17. The zero-order valence-electron chi connectivity index (χ0n) is 8.04. The lowest BCUT2D eigenvalue weighted by Crippen LogP contribution is -2.19. The molecular weight excluding hydrogens is 260 g/mol. The van der Waals surface area contributed by atoms with Gasteiger partial charge in [-0.05, 0) is 34.0 Å².